The molecule has 0 spiro atoms. The van der Waals surface area contributed by atoms with E-state index in [0.717, 1.165) is 15.7 Å². The van der Waals surface area contributed by atoms with Crippen molar-refractivity contribution in [1.82, 2.24) is 0 Å². The zero-order valence-electron chi connectivity index (χ0n) is 10.3. The molecule has 1 atom stereocenters. The highest BCUT2D eigenvalue weighted by molar-refractivity contribution is 9.10. The monoisotopic (exact) mass is 349 g/mol. The smallest absolute Gasteiger partial charge is 0.302 e. The molecule has 0 saturated carbocycles. The molecule has 0 aromatic heterocycles. The molecule has 0 radical (unpaired) electrons. The molecule has 1 aliphatic heterocycles. The van der Waals surface area contributed by atoms with Crippen molar-refractivity contribution >= 4 is 37.7 Å². The van der Waals surface area contributed by atoms with Crippen LogP contribution >= 0.6 is 15.9 Å². The van der Waals surface area contributed by atoms with Crippen LogP contribution in [0.25, 0.3) is 0 Å². The average Bonchev–Trinajstić information content (AvgIpc) is 2.60. The Morgan fingerprint density at radius 1 is 1.47 bits per heavy atom. The fraction of sp³-hybridized carbons (Fsp3) is 0.417. The van der Waals surface area contributed by atoms with Gasteiger partial charge in [-0.25, -0.2) is 0 Å². The molecule has 0 N–H and O–H groups in total. The number of hydrogen-bond donors (Lipinski definition) is 0. The van der Waals surface area contributed by atoms with Crippen LogP contribution in [0.4, 0.5) is 9.57 Å². The lowest BCUT2D eigenvalue weighted by Crippen LogP contribution is -2.26. The predicted molar refractivity (Wildman–Crippen MR) is 74.2 cm³/mol. The van der Waals surface area contributed by atoms with E-state index in [2.05, 4.69) is 15.9 Å². The molecule has 0 aliphatic carbocycles. The van der Waals surface area contributed by atoms with E-state index in [9.17, 15) is 17.1 Å². The molecule has 104 valence electrons. The summed E-state index contributed by atoms with van der Waals surface area (Å²) in [6.45, 7) is 2.10. The van der Waals surface area contributed by atoms with Crippen molar-refractivity contribution in [2.24, 2.45) is 5.92 Å². The molecule has 1 unspecified atom stereocenters. The summed E-state index contributed by atoms with van der Waals surface area (Å²) >= 11 is 3.33. The van der Waals surface area contributed by atoms with E-state index in [1.165, 1.54) is 4.90 Å². The van der Waals surface area contributed by atoms with Gasteiger partial charge >= 0.3 is 10.2 Å². The van der Waals surface area contributed by atoms with Crippen molar-refractivity contribution in [2.75, 3.05) is 17.2 Å². The first-order valence-corrected chi connectivity index (χ1v) is 8.09. The predicted octanol–water partition coefficient (Wildman–Crippen LogP) is 2.41. The van der Waals surface area contributed by atoms with Gasteiger partial charge in [0, 0.05) is 29.0 Å². The summed E-state index contributed by atoms with van der Waals surface area (Å²) in [5.74, 6) is -1.25. The molecule has 1 heterocycles. The Kier molecular flexibility index (Phi) is 3.96. The minimum atomic E-state index is -4.54. The van der Waals surface area contributed by atoms with E-state index in [0.29, 0.717) is 0 Å². The maximum absolute atomic E-state index is 12.7. The Balaban J connectivity index is 2.23. The Morgan fingerprint density at radius 3 is 2.79 bits per heavy atom. The summed E-state index contributed by atoms with van der Waals surface area (Å²) in [5, 5.41) is 0. The summed E-state index contributed by atoms with van der Waals surface area (Å²) in [6.07, 6.45) is 0.0646. The molecule has 1 aromatic carbocycles. The van der Waals surface area contributed by atoms with Crippen LogP contribution in [0.3, 0.4) is 0 Å². The van der Waals surface area contributed by atoms with Crippen molar-refractivity contribution in [2.45, 2.75) is 13.3 Å². The van der Waals surface area contributed by atoms with Gasteiger partial charge in [-0.05, 0) is 24.6 Å². The van der Waals surface area contributed by atoms with Crippen molar-refractivity contribution in [1.29, 1.82) is 0 Å². The van der Waals surface area contributed by atoms with Gasteiger partial charge in [0.2, 0.25) is 5.91 Å². The number of benzene rings is 1. The van der Waals surface area contributed by atoms with Crippen molar-refractivity contribution in [3.05, 3.63) is 28.2 Å². The quantitative estimate of drug-likeness (QED) is 0.787. The van der Waals surface area contributed by atoms with Crippen LogP contribution in [-0.4, -0.2) is 26.6 Å². The molecule has 2 rings (SSSR count). The van der Waals surface area contributed by atoms with Crippen LogP contribution in [0.15, 0.2) is 22.7 Å². The second-order valence-corrected chi connectivity index (χ2v) is 7.04. The normalized spacial score (nSPS) is 20.1. The number of amides is 1. The zero-order chi connectivity index (χ0) is 14.2. The van der Waals surface area contributed by atoms with E-state index < -0.39 is 21.9 Å². The minimum absolute atomic E-state index is 0.0646. The number of carbonyl (C=O) groups excluding carboxylic acids is 1. The van der Waals surface area contributed by atoms with E-state index in [-0.39, 0.29) is 18.9 Å². The van der Waals surface area contributed by atoms with Crippen LogP contribution < -0.4 is 4.90 Å². The Labute approximate surface area is 119 Å². The fourth-order valence-corrected chi connectivity index (χ4v) is 3.42. The largest absolute Gasteiger partial charge is 0.312 e. The molecule has 1 fully saturated rings. The number of rotatable bonds is 3. The molecule has 7 heteroatoms. The minimum Gasteiger partial charge on any atom is -0.312 e. The van der Waals surface area contributed by atoms with Gasteiger partial charge in [0.1, 0.15) is 0 Å². The van der Waals surface area contributed by atoms with Gasteiger partial charge < -0.3 is 4.90 Å². The van der Waals surface area contributed by atoms with Gasteiger partial charge in [-0.2, -0.15) is 8.42 Å². The molecular formula is C12H13BrFNO3S. The number of anilines is 1. The molecule has 0 bridgehead atoms. The maximum Gasteiger partial charge on any atom is 0.302 e. The fourth-order valence-electron chi connectivity index (χ4n) is 2.28. The highest BCUT2D eigenvalue weighted by Gasteiger charge is 2.34. The number of nitrogens with zero attached hydrogens (tertiary/aromatic N) is 1. The Morgan fingerprint density at radius 2 is 2.16 bits per heavy atom. The number of aryl methyl sites for hydroxylation is 1. The topological polar surface area (TPSA) is 54.5 Å². The van der Waals surface area contributed by atoms with Gasteiger partial charge in [-0.3, -0.25) is 4.79 Å². The Bertz CT molecular complexity index is 617. The van der Waals surface area contributed by atoms with Crippen LogP contribution in [0.5, 0.6) is 0 Å². The third kappa shape index (κ3) is 3.54. The first kappa shape index (κ1) is 14.5. The van der Waals surface area contributed by atoms with Gasteiger partial charge in [0.05, 0.1) is 5.75 Å². The second-order valence-electron chi connectivity index (χ2n) is 4.71. The molecular weight excluding hydrogens is 337 g/mol. The second kappa shape index (κ2) is 5.20. The maximum atomic E-state index is 12.7. The highest BCUT2D eigenvalue weighted by Crippen LogP contribution is 2.30. The first-order valence-electron chi connectivity index (χ1n) is 5.75. The lowest BCUT2D eigenvalue weighted by molar-refractivity contribution is -0.117. The van der Waals surface area contributed by atoms with E-state index in [1.54, 1.807) is 6.07 Å². The summed E-state index contributed by atoms with van der Waals surface area (Å²) in [7, 11) is -4.54. The van der Waals surface area contributed by atoms with Crippen LogP contribution in [0, 0.1) is 12.8 Å². The summed E-state index contributed by atoms with van der Waals surface area (Å²) in [5.41, 5.74) is 1.65. The summed E-state index contributed by atoms with van der Waals surface area (Å²) in [6, 6.07) is 5.54. The third-order valence-corrected chi connectivity index (χ3v) is 4.46. The van der Waals surface area contributed by atoms with Crippen molar-refractivity contribution in [3.8, 4) is 0 Å². The van der Waals surface area contributed by atoms with Gasteiger partial charge in [-0.1, -0.05) is 22.0 Å². The van der Waals surface area contributed by atoms with Crippen LogP contribution in [0.2, 0.25) is 0 Å². The molecule has 1 saturated heterocycles. The standard InChI is InChI=1S/C12H13BrFNO3S/c1-8-2-3-10(13)5-11(8)15-6-9(4-12(15)16)7-19(14,17)18/h2-3,5,9H,4,6-7H2,1H3. The van der Waals surface area contributed by atoms with Crippen LogP contribution in [0.1, 0.15) is 12.0 Å². The zero-order valence-corrected chi connectivity index (χ0v) is 12.7. The number of hydrogen-bond acceptors (Lipinski definition) is 3. The van der Waals surface area contributed by atoms with Gasteiger partial charge in [0.25, 0.3) is 0 Å². The van der Waals surface area contributed by atoms with Crippen molar-refractivity contribution < 1.29 is 17.1 Å². The highest BCUT2D eigenvalue weighted by atomic mass is 79.9. The number of carbonyl (C=O) groups is 1. The molecule has 1 aromatic rings. The van der Waals surface area contributed by atoms with Crippen LogP contribution in [-0.2, 0) is 15.0 Å². The first-order chi connectivity index (χ1) is 8.76. The Hall–Kier alpha value is -0.950. The lowest BCUT2D eigenvalue weighted by atomic mass is 10.1. The summed E-state index contributed by atoms with van der Waals surface area (Å²) in [4.78, 5) is 13.5. The molecule has 1 amide bonds. The average molecular weight is 350 g/mol. The lowest BCUT2D eigenvalue weighted by Gasteiger charge is -2.19. The third-order valence-electron chi connectivity index (χ3n) is 3.10. The van der Waals surface area contributed by atoms with Gasteiger partial charge in [-0.15, -0.1) is 3.89 Å². The van der Waals surface area contributed by atoms with E-state index >= 15 is 0 Å². The molecule has 19 heavy (non-hydrogen) atoms. The number of halogens is 2. The summed E-state index contributed by atoms with van der Waals surface area (Å²) < 4.78 is 34.8. The van der Waals surface area contributed by atoms with E-state index in [4.69, 9.17) is 0 Å². The SMILES string of the molecule is Cc1ccc(Br)cc1N1CC(CS(=O)(=O)F)CC1=O. The van der Waals surface area contributed by atoms with E-state index in [1.807, 2.05) is 19.1 Å². The molecule has 4 nitrogen and oxygen atoms in total. The molecule has 1 aliphatic rings. The van der Waals surface area contributed by atoms with Gasteiger partial charge in [0.15, 0.2) is 0 Å². The van der Waals surface area contributed by atoms with Crippen molar-refractivity contribution in [3.63, 3.8) is 0 Å².